The SMILES string of the molecule is Cc1c(CNc2ncc([N+](=O)[O-])c(NC[C@H]3CC[C@H](CO)CC3)n2)cccc1-c1cccc(CN(C)C)c1. The normalized spacial score (nSPS) is 17.4. The lowest BCUT2D eigenvalue weighted by Crippen LogP contribution is -2.23. The highest BCUT2D eigenvalue weighted by Crippen LogP contribution is 2.30. The molecule has 0 aliphatic heterocycles. The van der Waals surface area contributed by atoms with Crippen molar-refractivity contribution in [1.82, 2.24) is 14.9 Å². The first-order chi connectivity index (χ1) is 18.3. The van der Waals surface area contributed by atoms with Crippen LogP contribution in [0.5, 0.6) is 0 Å². The maximum atomic E-state index is 11.6. The number of nitrogens with one attached hydrogen (secondary N) is 2. The molecule has 1 saturated carbocycles. The van der Waals surface area contributed by atoms with Crippen LogP contribution >= 0.6 is 0 Å². The van der Waals surface area contributed by atoms with Gasteiger partial charge in [-0.3, -0.25) is 10.1 Å². The van der Waals surface area contributed by atoms with E-state index < -0.39 is 4.92 Å². The Hall–Kier alpha value is -3.56. The third kappa shape index (κ3) is 7.05. The number of aliphatic hydroxyl groups excluding tert-OH is 1. The quantitative estimate of drug-likeness (QED) is 0.233. The molecule has 38 heavy (non-hydrogen) atoms. The molecule has 202 valence electrons. The molecule has 1 heterocycles. The van der Waals surface area contributed by atoms with Crippen molar-refractivity contribution in [3.8, 4) is 11.1 Å². The van der Waals surface area contributed by atoms with E-state index in [2.05, 4.69) is 82.9 Å². The van der Waals surface area contributed by atoms with E-state index in [1.165, 1.54) is 28.5 Å². The molecule has 2 aromatic carbocycles. The van der Waals surface area contributed by atoms with E-state index >= 15 is 0 Å². The van der Waals surface area contributed by atoms with Crippen molar-refractivity contribution in [2.45, 2.75) is 45.7 Å². The average Bonchev–Trinajstić information content (AvgIpc) is 2.91. The lowest BCUT2D eigenvalue weighted by Gasteiger charge is -2.27. The summed E-state index contributed by atoms with van der Waals surface area (Å²) in [6.07, 6.45) is 5.23. The van der Waals surface area contributed by atoms with E-state index in [-0.39, 0.29) is 18.1 Å². The Morgan fingerprint density at radius 3 is 2.53 bits per heavy atom. The van der Waals surface area contributed by atoms with Crippen LogP contribution in [0, 0.1) is 28.9 Å². The molecule has 3 aromatic rings. The second kappa shape index (κ2) is 12.8. The summed E-state index contributed by atoms with van der Waals surface area (Å²) in [5, 5.41) is 27.4. The zero-order valence-corrected chi connectivity index (χ0v) is 22.5. The van der Waals surface area contributed by atoms with Crippen LogP contribution in [0.15, 0.2) is 48.7 Å². The van der Waals surface area contributed by atoms with Gasteiger partial charge in [0.15, 0.2) is 0 Å². The number of anilines is 2. The Balaban J connectivity index is 1.45. The van der Waals surface area contributed by atoms with Crippen molar-refractivity contribution < 1.29 is 10.0 Å². The van der Waals surface area contributed by atoms with Gasteiger partial charge in [-0.15, -0.1) is 0 Å². The second-order valence-electron chi connectivity index (χ2n) is 10.5. The fourth-order valence-electron chi connectivity index (χ4n) is 5.15. The smallest absolute Gasteiger partial charge is 0.329 e. The van der Waals surface area contributed by atoms with Gasteiger partial charge in [0, 0.05) is 26.2 Å². The zero-order chi connectivity index (χ0) is 27.1. The highest BCUT2D eigenvalue weighted by Gasteiger charge is 2.23. The molecular weight excluding hydrogens is 480 g/mol. The van der Waals surface area contributed by atoms with Crippen molar-refractivity contribution in [3.05, 3.63) is 75.5 Å². The van der Waals surface area contributed by atoms with Crippen LogP contribution in [0.1, 0.15) is 42.4 Å². The molecule has 9 heteroatoms. The summed E-state index contributed by atoms with van der Waals surface area (Å²) in [4.78, 5) is 21.9. The fourth-order valence-corrected chi connectivity index (χ4v) is 5.15. The van der Waals surface area contributed by atoms with Crippen LogP contribution < -0.4 is 10.6 Å². The van der Waals surface area contributed by atoms with Crippen molar-refractivity contribution >= 4 is 17.5 Å². The van der Waals surface area contributed by atoms with Gasteiger partial charge in [-0.05, 0) is 92.4 Å². The molecule has 0 radical (unpaired) electrons. The Kier molecular flexibility index (Phi) is 9.25. The molecule has 3 N–H and O–H groups in total. The van der Waals surface area contributed by atoms with Crippen molar-refractivity contribution in [2.24, 2.45) is 11.8 Å². The van der Waals surface area contributed by atoms with Gasteiger partial charge in [-0.1, -0.05) is 36.4 Å². The first-order valence-corrected chi connectivity index (χ1v) is 13.3. The van der Waals surface area contributed by atoms with Gasteiger partial charge in [0.1, 0.15) is 6.20 Å². The number of nitrogens with zero attached hydrogens (tertiary/aromatic N) is 4. The third-order valence-corrected chi connectivity index (χ3v) is 7.37. The van der Waals surface area contributed by atoms with E-state index in [0.717, 1.165) is 37.8 Å². The molecule has 0 saturated heterocycles. The van der Waals surface area contributed by atoms with Crippen LogP contribution in [0.25, 0.3) is 11.1 Å². The Morgan fingerprint density at radius 2 is 1.82 bits per heavy atom. The third-order valence-electron chi connectivity index (χ3n) is 7.37. The molecule has 1 aliphatic carbocycles. The van der Waals surface area contributed by atoms with Crippen LogP contribution in [0.3, 0.4) is 0 Å². The van der Waals surface area contributed by atoms with Crippen LogP contribution in [-0.2, 0) is 13.1 Å². The lowest BCUT2D eigenvalue weighted by atomic mass is 9.82. The molecule has 4 rings (SSSR count). The topological polar surface area (TPSA) is 116 Å². The molecule has 1 aliphatic rings. The van der Waals surface area contributed by atoms with Gasteiger partial charge in [-0.2, -0.15) is 4.98 Å². The first kappa shape index (κ1) is 27.5. The Labute approximate surface area is 224 Å². The molecular formula is C29H38N6O3. The number of hydrogen-bond donors (Lipinski definition) is 3. The minimum absolute atomic E-state index is 0.129. The number of aliphatic hydroxyl groups is 1. The summed E-state index contributed by atoms with van der Waals surface area (Å²) in [7, 11) is 4.13. The monoisotopic (exact) mass is 518 g/mol. The predicted octanol–water partition coefficient (Wildman–Crippen LogP) is 5.24. The maximum Gasteiger partial charge on any atom is 0.329 e. The Bertz CT molecular complexity index is 1240. The predicted molar refractivity (Wildman–Crippen MR) is 151 cm³/mol. The van der Waals surface area contributed by atoms with Gasteiger partial charge < -0.3 is 20.6 Å². The second-order valence-corrected chi connectivity index (χ2v) is 10.5. The number of nitro groups is 1. The van der Waals surface area contributed by atoms with E-state index in [1.807, 2.05) is 6.07 Å². The molecule has 0 atom stereocenters. The largest absolute Gasteiger partial charge is 0.396 e. The first-order valence-electron chi connectivity index (χ1n) is 13.3. The van der Waals surface area contributed by atoms with E-state index in [9.17, 15) is 15.2 Å². The number of aromatic nitrogens is 2. The molecule has 0 bridgehead atoms. The molecule has 0 amide bonds. The van der Waals surface area contributed by atoms with E-state index in [4.69, 9.17) is 0 Å². The van der Waals surface area contributed by atoms with Crippen molar-refractivity contribution in [2.75, 3.05) is 37.9 Å². The summed E-state index contributed by atoms with van der Waals surface area (Å²) in [6.45, 7) is 4.34. The van der Waals surface area contributed by atoms with Gasteiger partial charge in [0.25, 0.3) is 0 Å². The van der Waals surface area contributed by atoms with Gasteiger partial charge in [0.2, 0.25) is 11.8 Å². The minimum atomic E-state index is -0.452. The standard InChI is InChI=1S/C29H38N6O3/c1-20-25(8-5-9-26(20)24-7-4-6-23(14-24)18-34(2)3)16-31-29-32-17-27(35(37)38)28(33-29)30-15-21-10-12-22(19-36)13-11-21/h4-9,14,17,21-22,36H,10-13,15-16,18-19H2,1-3H3,(H2,30,31,32,33)/t21-,22-. The highest BCUT2D eigenvalue weighted by atomic mass is 16.6. The van der Waals surface area contributed by atoms with Crippen molar-refractivity contribution in [3.63, 3.8) is 0 Å². The molecule has 9 nitrogen and oxygen atoms in total. The summed E-state index contributed by atoms with van der Waals surface area (Å²) in [5.41, 5.74) is 5.76. The number of hydrogen-bond acceptors (Lipinski definition) is 8. The highest BCUT2D eigenvalue weighted by molar-refractivity contribution is 5.69. The average molecular weight is 519 g/mol. The van der Waals surface area contributed by atoms with E-state index in [0.29, 0.717) is 30.9 Å². The van der Waals surface area contributed by atoms with Crippen LogP contribution in [0.4, 0.5) is 17.5 Å². The summed E-state index contributed by atoms with van der Waals surface area (Å²) < 4.78 is 0. The van der Waals surface area contributed by atoms with Gasteiger partial charge in [0.05, 0.1) is 4.92 Å². The molecule has 0 spiro atoms. The van der Waals surface area contributed by atoms with Crippen LogP contribution in [-0.4, -0.2) is 52.1 Å². The zero-order valence-electron chi connectivity index (χ0n) is 22.5. The van der Waals surface area contributed by atoms with E-state index in [1.54, 1.807) is 0 Å². The number of benzene rings is 2. The summed E-state index contributed by atoms with van der Waals surface area (Å²) in [6, 6.07) is 14.8. The summed E-state index contributed by atoms with van der Waals surface area (Å²) >= 11 is 0. The summed E-state index contributed by atoms with van der Waals surface area (Å²) in [5.74, 6) is 1.37. The molecule has 0 unspecified atom stereocenters. The van der Waals surface area contributed by atoms with Gasteiger partial charge in [-0.25, -0.2) is 4.98 Å². The molecule has 1 aromatic heterocycles. The molecule has 1 fully saturated rings. The maximum absolute atomic E-state index is 11.6. The Morgan fingerprint density at radius 1 is 1.08 bits per heavy atom. The number of rotatable bonds is 11. The fraction of sp³-hybridized carbons (Fsp3) is 0.448. The van der Waals surface area contributed by atoms with Crippen LogP contribution in [0.2, 0.25) is 0 Å². The van der Waals surface area contributed by atoms with Gasteiger partial charge >= 0.3 is 5.69 Å². The minimum Gasteiger partial charge on any atom is -0.396 e. The van der Waals surface area contributed by atoms with Crippen molar-refractivity contribution in [1.29, 1.82) is 0 Å². The lowest BCUT2D eigenvalue weighted by molar-refractivity contribution is -0.384.